The van der Waals surface area contributed by atoms with Crippen LogP contribution in [0.25, 0.3) is 0 Å². The molecule has 2 atom stereocenters. The standard InChI is InChI=1S/C15H27N3/c1-4-14(5-2)18-9-7-13(17-18)11-15(3)8-6-12(16)10-15/h7,9,12,14H,4-6,8,10-11,16H2,1-3H3. The van der Waals surface area contributed by atoms with Gasteiger partial charge in [-0.25, -0.2) is 0 Å². The molecule has 3 nitrogen and oxygen atoms in total. The van der Waals surface area contributed by atoms with Crippen LogP contribution in [0.1, 0.15) is 64.6 Å². The molecule has 0 radical (unpaired) electrons. The molecule has 18 heavy (non-hydrogen) atoms. The number of hydrogen-bond donors (Lipinski definition) is 1. The molecular weight excluding hydrogens is 222 g/mol. The first-order chi connectivity index (χ1) is 8.56. The fourth-order valence-electron chi connectivity index (χ4n) is 3.31. The Morgan fingerprint density at radius 1 is 1.50 bits per heavy atom. The SMILES string of the molecule is CCC(CC)n1ccc(CC2(C)CCC(N)C2)n1. The van der Waals surface area contributed by atoms with Crippen molar-refractivity contribution in [3.05, 3.63) is 18.0 Å². The summed E-state index contributed by atoms with van der Waals surface area (Å²) in [6.45, 7) is 6.82. The Labute approximate surface area is 111 Å². The highest BCUT2D eigenvalue weighted by molar-refractivity contribution is 5.05. The highest BCUT2D eigenvalue weighted by atomic mass is 15.3. The van der Waals surface area contributed by atoms with Crippen LogP contribution in [0.3, 0.4) is 0 Å². The molecule has 1 aliphatic carbocycles. The summed E-state index contributed by atoms with van der Waals surface area (Å²) in [4.78, 5) is 0. The summed E-state index contributed by atoms with van der Waals surface area (Å²) in [5.41, 5.74) is 7.64. The molecule has 1 aromatic heterocycles. The van der Waals surface area contributed by atoms with E-state index in [1.807, 2.05) is 0 Å². The van der Waals surface area contributed by atoms with Gasteiger partial charge in [-0.2, -0.15) is 5.10 Å². The lowest BCUT2D eigenvalue weighted by atomic mass is 9.84. The third-order valence-electron chi connectivity index (χ3n) is 4.46. The molecule has 1 fully saturated rings. The molecule has 1 aliphatic rings. The Kier molecular flexibility index (Phi) is 4.10. The normalized spacial score (nSPS) is 28.2. The maximum Gasteiger partial charge on any atom is 0.0630 e. The first-order valence-electron chi connectivity index (χ1n) is 7.36. The minimum absolute atomic E-state index is 0.368. The fraction of sp³-hybridized carbons (Fsp3) is 0.800. The first-order valence-corrected chi connectivity index (χ1v) is 7.36. The van der Waals surface area contributed by atoms with Gasteiger partial charge in [-0.3, -0.25) is 4.68 Å². The van der Waals surface area contributed by atoms with Gasteiger partial charge in [0.25, 0.3) is 0 Å². The molecule has 0 saturated heterocycles. The van der Waals surface area contributed by atoms with Gasteiger partial charge in [0.1, 0.15) is 0 Å². The van der Waals surface area contributed by atoms with Crippen molar-refractivity contribution >= 4 is 0 Å². The summed E-state index contributed by atoms with van der Waals surface area (Å²) in [6, 6.07) is 3.14. The molecule has 0 spiro atoms. The van der Waals surface area contributed by atoms with Crippen LogP contribution in [0.2, 0.25) is 0 Å². The van der Waals surface area contributed by atoms with Crippen molar-refractivity contribution in [3.63, 3.8) is 0 Å². The zero-order chi connectivity index (χ0) is 13.2. The van der Waals surface area contributed by atoms with Crippen molar-refractivity contribution in [1.29, 1.82) is 0 Å². The van der Waals surface area contributed by atoms with Gasteiger partial charge in [-0.15, -0.1) is 0 Å². The maximum atomic E-state index is 6.03. The summed E-state index contributed by atoms with van der Waals surface area (Å²) >= 11 is 0. The number of rotatable bonds is 5. The Bertz CT molecular complexity index is 381. The van der Waals surface area contributed by atoms with E-state index in [1.165, 1.54) is 18.5 Å². The monoisotopic (exact) mass is 249 g/mol. The summed E-state index contributed by atoms with van der Waals surface area (Å²) in [5, 5.41) is 4.76. The van der Waals surface area contributed by atoms with E-state index >= 15 is 0 Å². The molecule has 0 bridgehead atoms. The van der Waals surface area contributed by atoms with E-state index in [4.69, 9.17) is 10.8 Å². The van der Waals surface area contributed by atoms with Crippen molar-refractivity contribution in [2.45, 2.75) is 71.4 Å². The molecule has 1 aromatic rings. The quantitative estimate of drug-likeness (QED) is 0.870. The first kappa shape index (κ1) is 13.6. The van der Waals surface area contributed by atoms with E-state index in [1.54, 1.807) is 0 Å². The molecule has 0 amide bonds. The van der Waals surface area contributed by atoms with Crippen molar-refractivity contribution in [3.8, 4) is 0 Å². The lowest BCUT2D eigenvalue weighted by Gasteiger charge is -2.22. The molecular formula is C15H27N3. The van der Waals surface area contributed by atoms with Crippen molar-refractivity contribution in [2.24, 2.45) is 11.1 Å². The van der Waals surface area contributed by atoms with Crippen molar-refractivity contribution in [2.75, 3.05) is 0 Å². The molecule has 102 valence electrons. The van der Waals surface area contributed by atoms with E-state index in [-0.39, 0.29) is 0 Å². The van der Waals surface area contributed by atoms with E-state index in [0.717, 1.165) is 25.7 Å². The topological polar surface area (TPSA) is 43.8 Å². The molecule has 2 rings (SSSR count). The maximum absolute atomic E-state index is 6.03. The average Bonchev–Trinajstić information content (AvgIpc) is 2.89. The minimum atomic E-state index is 0.368. The van der Waals surface area contributed by atoms with E-state index in [0.29, 0.717) is 17.5 Å². The van der Waals surface area contributed by atoms with Gasteiger partial charge in [-0.1, -0.05) is 20.8 Å². The van der Waals surface area contributed by atoms with Crippen LogP contribution in [0.15, 0.2) is 12.3 Å². The summed E-state index contributed by atoms with van der Waals surface area (Å²) in [6.07, 6.45) is 9.08. The lowest BCUT2D eigenvalue weighted by Crippen LogP contribution is -2.21. The highest BCUT2D eigenvalue weighted by Gasteiger charge is 2.34. The van der Waals surface area contributed by atoms with Crippen LogP contribution in [-0.4, -0.2) is 15.8 Å². The molecule has 3 heteroatoms. The van der Waals surface area contributed by atoms with Gasteiger partial charge < -0.3 is 5.73 Å². The zero-order valence-corrected chi connectivity index (χ0v) is 12.0. The van der Waals surface area contributed by atoms with Gasteiger partial charge in [-0.05, 0) is 50.0 Å². The molecule has 1 saturated carbocycles. The largest absolute Gasteiger partial charge is 0.328 e. The molecule has 1 heterocycles. The van der Waals surface area contributed by atoms with Gasteiger partial charge in [0.15, 0.2) is 0 Å². The molecule has 0 aliphatic heterocycles. The Morgan fingerprint density at radius 3 is 2.78 bits per heavy atom. The lowest BCUT2D eigenvalue weighted by molar-refractivity contribution is 0.322. The highest BCUT2D eigenvalue weighted by Crippen LogP contribution is 2.39. The summed E-state index contributed by atoms with van der Waals surface area (Å²) in [5.74, 6) is 0. The van der Waals surface area contributed by atoms with Crippen LogP contribution < -0.4 is 5.73 Å². The van der Waals surface area contributed by atoms with E-state index in [9.17, 15) is 0 Å². The number of aromatic nitrogens is 2. The molecule has 0 aromatic carbocycles. The third-order valence-corrected chi connectivity index (χ3v) is 4.46. The minimum Gasteiger partial charge on any atom is -0.328 e. The van der Waals surface area contributed by atoms with Crippen LogP contribution in [0, 0.1) is 5.41 Å². The van der Waals surface area contributed by atoms with Crippen molar-refractivity contribution in [1.82, 2.24) is 9.78 Å². The van der Waals surface area contributed by atoms with Gasteiger partial charge >= 0.3 is 0 Å². The second-order valence-electron chi connectivity index (χ2n) is 6.25. The Hall–Kier alpha value is -0.830. The predicted octanol–water partition coefficient (Wildman–Crippen LogP) is 3.30. The van der Waals surface area contributed by atoms with Crippen LogP contribution in [0.5, 0.6) is 0 Å². The number of nitrogens with two attached hydrogens (primary N) is 1. The second-order valence-corrected chi connectivity index (χ2v) is 6.25. The molecule has 2 N–H and O–H groups in total. The zero-order valence-electron chi connectivity index (χ0n) is 12.0. The van der Waals surface area contributed by atoms with E-state index < -0.39 is 0 Å². The average molecular weight is 249 g/mol. The van der Waals surface area contributed by atoms with Gasteiger partial charge in [0.2, 0.25) is 0 Å². The van der Waals surface area contributed by atoms with E-state index in [2.05, 4.69) is 37.7 Å². The Morgan fingerprint density at radius 2 is 2.22 bits per heavy atom. The van der Waals surface area contributed by atoms with Crippen molar-refractivity contribution < 1.29 is 0 Å². The fourth-order valence-corrected chi connectivity index (χ4v) is 3.31. The van der Waals surface area contributed by atoms with Crippen LogP contribution in [0.4, 0.5) is 0 Å². The summed E-state index contributed by atoms with van der Waals surface area (Å²) < 4.78 is 2.15. The smallest absolute Gasteiger partial charge is 0.0630 e. The molecule has 2 unspecified atom stereocenters. The number of nitrogens with zero attached hydrogens (tertiary/aromatic N) is 2. The Balaban J connectivity index is 2.02. The second kappa shape index (κ2) is 5.43. The van der Waals surface area contributed by atoms with Gasteiger partial charge in [0, 0.05) is 12.2 Å². The predicted molar refractivity (Wildman–Crippen MR) is 75.5 cm³/mol. The van der Waals surface area contributed by atoms with Crippen LogP contribution >= 0.6 is 0 Å². The number of hydrogen-bond acceptors (Lipinski definition) is 2. The third kappa shape index (κ3) is 2.94. The van der Waals surface area contributed by atoms with Gasteiger partial charge in [0.05, 0.1) is 11.7 Å². The summed E-state index contributed by atoms with van der Waals surface area (Å²) in [7, 11) is 0. The van der Waals surface area contributed by atoms with Crippen LogP contribution in [-0.2, 0) is 6.42 Å².